The van der Waals surface area contributed by atoms with E-state index in [2.05, 4.69) is 15.0 Å². The Morgan fingerprint density at radius 1 is 1.12 bits per heavy atom. The van der Waals surface area contributed by atoms with Gasteiger partial charge in [-0.3, -0.25) is 4.98 Å². The summed E-state index contributed by atoms with van der Waals surface area (Å²) in [4.78, 5) is 13.1. The average molecular weight is 340 g/mol. The van der Waals surface area contributed by atoms with Gasteiger partial charge in [0.05, 0.1) is 5.52 Å². The second-order valence-corrected chi connectivity index (χ2v) is 7.72. The SMILES string of the molecule is Cc1ncc2c(n1)CCN(S(=O)(=O)c1cccc3cccnc13)C2. The van der Waals surface area contributed by atoms with E-state index in [1.807, 2.05) is 19.1 Å². The molecule has 6 nitrogen and oxygen atoms in total. The molecule has 0 radical (unpaired) electrons. The molecule has 0 aliphatic carbocycles. The van der Waals surface area contributed by atoms with Gasteiger partial charge in [-0.25, -0.2) is 18.4 Å². The average Bonchev–Trinajstić information content (AvgIpc) is 2.60. The quantitative estimate of drug-likeness (QED) is 0.714. The first-order valence-corrected chi connectivity index (χ1v) is 9.15. The Balaban J connectivity index is 1.77. The van der Waals surface area contributed by atoms with E-state index in [1.165, 1.54) is 4.31 Å². The van der Waals surface area contributed by atoms with E-state index in [0.29, 0.717) is 30.9 Å². The molecule has 1 aliphatic rings. The fraction of sp³-hybridized carbons (Fsp3) is 0.235. The smallest absolute Gasteiger partial charge is 0.245 e. The first-order chi connectivity index (χ1) is 11.6. The Morgan fingerprint density at radius 2 is 1.96 bits per heavy atom. The zero-order valence-electron chi connectivity index (χ0n) is 13.2. The molecule has 1 aromatic carbocycles. The summed E-state index contributed by atoms with van der Waals surface area (Å²) in [5, 5.41) is 0.815. The predicted octanol–water partition coefficient (Wildman–Crippen LogP) is 2.08. The number of rotatable bonds is 2. The van der Waals surface area contributed by atoms with Gasteiger partial charge >= 0.3 is 0 Å². The number of aromatic nitrogens is 3. The number of nitrogens with zero attached hydrogens (tertiary/aromatic N) is 4. The molecule has 4 rings (SSSR count). The molecule has 0 bridgehead atoms. The van der Waals surface area contributed by atoms with Crippen LogP contribution in [0.3, 0.4) is 0 Å². The van der Waals surface area contributed by atoms with Gasteiger partial charge in [-0.05, 0) is 19.1 Å². The molecule has 122 valence electrons. The Labute approximate surface area is 140 Å². The van der Waals surface area contributed by atoms with Crippen LogP contribution < -0.4 is 0 Å². The number of hydrogen-bond donors (Lipinski definition) is 0. The van der Waals surface area contributed by atoms with Crippen LogP contribution >= 0.6 is 0 Å². The second kappa shape index (κ2) is 5.61. The van der Waals surface area contributed by atoms with Crippen LogP contribution in [0.25, 0.3) is 10.9 Å². The first-order valence-electron chi connectivity index (χ1n) is 7.71. The minimum atomic E-state index is -3.63. The van der Waals surface area contributed by atoms with E-state index in [4.69, 9.17) is 0 Å². The van der Waals surface area contributed by atoms with E-state index in [-0.39, 0.29) is 4.90 Å². The van der Waals surface area contributed by atoms with Crippen molar-refractivity contribution in [3.63, 3.8) is 0 Å². The van der Waals surface area contributed by atoms with Crippen LogP contribution in [0.1, 0.15) is 17.1 Å². The number of pyridine rings is 1. The van der Waals surface area contributed by atoms with Gasteiger partial charge in [0, 0.05) is 48.5 Å². The summed E-state index contributed by atoms with van der Waals surface area (Å²) < 4.78 is 27.7. The summed E-state index contributed by atoms with van der Waals surface area (Å²) in [5.74, 6) is 0.711. The van der Waals surface area contributed by atoms with E-state index in [1.54, 1.807) is 30.6 Å². The molecule has 2 aromatic heterocycles. The molecule has 24 heavy (non-hydrogen) atoms. The minimum absolute atomic E-state index is 0.247. The highest BCUT2D eigenvalue weighted by Crippen LogP contribution is 2.27. The van der Waals surface area contributed by atoms with Crippen LogP contribution in [0.2, 0.25) is 0 Å². The molecule has 3 aromatic rings. The molecule has 0 fully saturated rings. The van der Waals surface area contributed by atoms with E-state index in [9.17, 15) is 8.42 Å². The van der Waals surface area contributed by atoms with E-state index < -0.39 is 10.0 Å². The van der Waals surface area contributed by atoms with Crippen molar-refractivity contribution in [3.05, 3.63) is 59.8 Å². The standard InChI is InChI=1S/C17H16N4O2S/c1-12-19-10-14-11-21(9-7-15(14)20-12)24(22,23)16-6-2-4-13-5-3-8-18-17(13)16/h2-6,8,10H,7,9,11H2,1H3. The number of fused-ring (bicyclic) bond motifs is 2. The number of aryl methyl sites for hydroxylation is 1. The molecular weight excluding hydrogens is 324 g/mol. The van der Waals surface area contributed by atoms with Crippen LogP contribution in [0, 0.1) is 6.92 Å². The zero-order valence-corrected chi connectivity index (χ0v) is 14.0. The summed E-state index contributed by atoms with van der Waals surface area (Å²) in [7, 11) is -3.63. The third-order valence-corrected chi connectivity index (χ3v) is 6.11. The minimum Gasteiger partial charge on any atom is -0.255 e. The van der Waals surface area contributed by atoms with E-state index >= 15 is 0 Å². The van der Waals surface area contributed by atoms with Crippen molar-refractivity contribution >= 4 is 20.9 Å². The topological polar surface area (TPSA) is 76.1 Å². The van der Waals surface area contributed by atoms with Gasteiger partial charge in [0.2, 0.25) is 10.0 Å². The summed E-state index contributed by atoms with van der Waals surface area (Å²) in [5.41, 5.74) is 2.31. The van der Waals surface area contributed by atoms with Crippen molar-refractivity contribution in [1.29, 1.82) is 0 Å². The number of sulfonamides is 1. The molecule has 0 atom stereocenters. The van der Waals surface area contributed by atoms with Crippen molar-refractivity contribution < 1.29 is 8.42 Å². The molecule has 0 amide bonds. The maximum atomic E-state index is 13.1. The van der Waals surface area contributed by atoms with Gasteiger partial charge < -0.3 is 0 Å². The van der Waals surface area contributed by atoms with Crippen LogP contribution in [0.15, 0.2) is 47.6 Å². The lowest BCUT2D eigenvalue weighted by Crippen LogP contribution is -2.36. The molecule has 0 N–H and O–H groups in total. The largest absolute Gasteiger partial charge is 0.255 e. The summed E-state index contributed by atoms with van der Waals surface area (Å²) in [6.07, 6.45) is 3.93. The monoisotopic (exact) mass is 340 g/mol. The highest BCUT2D eigenvalue weighted by atomic mass is 32.2. The Bertz CT molecular complexity index is 1030. The van der Waals surface area contributed by atoms with Gasteiger partial charge in [-0.1, -0.05) is 18.2 Å². The number of para-hydroxylation sites is 1. The lowest BCUT2D eigenvalue weighted by atomic mass is 10.1. The Morgan fingerprint density at radius 3 is 2.83 bits per heavy atom. The van der Waals surface area contributed by atoms with Crippen LogP contribution in [-0.2, 0) is 23.0 Å². The lowest BCUT2D eigenvalue weighted by molar-refractivity contribution is 0.386. The van der Waals surface area contributed by atoms with Gasteiger partial charge in [-0.2, -0.15) is 4.31 Å². The van der Waals surface area contributed by atoms with Gasteiger partial charge in [0.25, 0.3) is 0 Å². The van der Waals surface area contributed by atoms with Crippen molar-refractivity contribution in [2.24, 2.45) is 0 Å². The predicted molar refractivity (Wildman–Crippen MR) is 89.8 cm³/mol. The van der Waals surface area contributed by atoms with E-state index in [0.717, 1.165) is 16.6 Å². The molecule has 0 spiro atoms. The third-order valence-electron chi connectivity index (χ3n) is 4.23. The molecule has 0 unspecified atom stereocenters. The molecule has 1 aliphatic heterocycles. The summed E-state index contributed by atoms with van der Waals surface area (Å²) >= 11 is 0. The summed E-state index contributed by atoms with van der Waals surface area (Å²) in [6, 6.07) is 8.90. The Kier molecular flexibility index (Phi) is 3.54. The van der Waals surface area contributed by atoms with Gasteiger partial charge in [0.15, 0.2) is 0 Å². The van der Waals surface area contributed by atoms with Crippen molar-refractivity contribution in [1.82, 2.24) is 19.3 Å². The highest BCUT2D eigenvalue weighted by Gasteiger charge is 2.30. The van der Waals surface area contributed by atoms with Crippen LogP contribution in [0.5, 0.6) is 0 Å². The maximum absolute atomic E-state index is 13.1. The first kappa shape index (κ1) is 15.2. The van der Waals surface area contributed by atoms with Gasteiger partial charge in [0.1, 0.15) is 10.7 Å². The van der Waals surface area contributed by atoms with Crippen LogP contribution in [-0.4, -0.2) is 34.2 Å². The third kappa shape index (κ3) is 2.46. The molecule has 0 saturated heterocycles. The van der Waals surface area contributed by atoms with Gasteiger partial charge in [-0.15, -0.1) is 0 Å². The van der Waals surface area contributed by atoms with Crippen molar-refractivity contribution in [2.45, 2.75) is 24.8 Å². The summed E-state index contributed by atoms with van der Waals surface area (Å²) in [6.45, 7) is 2.54. The second-order valence-electron chi connectivity index (χ2n) is 5.81. The molecule has 3 heterocycles. The lowest BCUT2D eigenvalue weighted by Gasteiger charge is -2.27. The number of hydrogen-bond acceptors (Lipinski definition) is 5. The normalized spacial score (nSPS) is 15.4. The molecule has 7 heteroatoms. The molecular formula is C17H16N4O2S. The van der Waals surface area contributed by atoms with Crippen LogP contribution in [0.4, 0.5) is 0 Å². The zero-order chi connectivity index (χ0) is 16.7. The van der Waals surface area contributed by atoms with Crippen molar-refractivity contribution in [3.8, 4) is 0 Å². The number of benzene rings is 1. The highest BCUT2D eigenvalue weighted by molar-refractivity contribution is 7.89. The fourth-order valence-corrected chi connectivity index (χ4v) is 4.60. The van der Waals surface area contributed by atoms with Crippen molar-refractivity contribution in [2.75, 3.05) is 6.54 Å². The molecule has 0 saturated carbocycles. The Hall–Kier alpha value is -2.38. The fourth-order valence-electron chi connectivity index (χ4n) is 3.02. The maximum Gasteiger partial charge on any atom is 0.245 e.